The third kappa shape index (κ3) is 2.46. The number of carbonyl (C=O) groups excluding carboxylic acids is 1. The lowest BCUT2D eigenvalue weighted by Gasteiger charge is -2.24. The summed E-state index contributed by atoms with van der Waals surface area (Å²) in [6, 6.07) is 1.92. The predicted molar refractivity (Wildman–Crippen MR) is 65.1 cm³/mol. The summed E-state index contributed by atoms with van der Waals surface area (Å²) in [7, 11) is 0. The third-order valence-electron chi connectivity index (χ3n) is 3.27. The van der Waals surface area contributed by atoms with Crippen molar-refractivity contribution in [2.75, 3.05) is 11.4 Å². The second kappa shape index (κ2) is 5.12. The molecule has 0 aliphatic carbocycles. The van der Waals surface area contributed by atoms with Crippen molar-refractivity contribution in [3.8, 4) is 6.07 Å². The molecule has 1 unspecified atom stereocenters. The fraction of sp³-hybridized carbons (Fsp3) is 0.462. The average molecular weight is 283 g/mol. The number of aromatic nitrogens is 1. The molecule has 1 saturated heterocycles. The van der Waals surface area contributed by atoms with Crippen molar-refractivity contribution >= 4 is 12.1 Å². The van der Waals surface area contributed by atoms with Crippen molar-refractivity contribution in [1.82, 2.24) is 4.98 Å². The molecule has 0 N–H and O–H groups in total. The van der Waals surface area contributed by atoms with E-state index in [0.29, 0.717) is 25.7 Å². The van der Waals surface area contributed by atoms with Crippen LogP contribution in [0.25, 0.3) is 0 Å². The molecule has 0 saturated carbocycles. The first-order chi connectivity index (χ1) is 9.38. The molecule has 2 heterocycles. The van der Waals surface area contributed by atoms with Gasteiger partial charge in [-0.3, -0.25) is 0 Å². The van der Waals surface area contributed by atoms with Gasteiger partial charge in [-0.1, -0.05) is 0 Å². The number of hydrogen-bond donors (Lipinski definition) is 0. The number of halogens is 3. The quantitative estimate of drug-likeness (QED) is 0.782. The molecule has 20 heavy (non-hydrogen) atoms. The van der Waals surface area contributed by atoms with Crippen molar-refractivity contribution in [2.45, 2.75) is 32.0 Å². The van der Waals surface area contributed by atoms with Gasteiger partial charge in [0.1, 0.15) is 23.7 Å². The highest BCUT2D eigenvalue weighted by Gasteiger charge is 2.37. The number of rotatable bonds is 2. The number of hydrogen-bond acceptors (Lipinski definition) is 4. The normalized spacial score (nSPS) is 18.9. The Morgan fingerprint density at radius 1 is 1.55 bits per heavy atom. The number of nitrogens with zero attached hydrogens (tertiary/aromatic N) is 3. The molecule has 2 rings (SSSR count). The molecule has 1 atom stereocenters. The lowest BCUT2D eigenvalue weighted by atomic mass is 10.1. The summed E-state index contributed by atoms with van der Waals surface area (Å²) in [4.78, 5) is 16.5. The molecular formula is C13H12F3N3O. The van der Waals surface area contributed by atoms with Gasteiger partial charge in [0.2, 0.25) is 0 Å². The van der Waals surface area contributed by atoms with E-state index < -0.39 is 23.3 Å². The Morgan fingerprint density at radius 3 is 2.80 bits per heavy atom. The van der Waals surface area contributed by atoms with Crippen LogP contribution in [0.1, 0.15) is 29.7 Å². The van der Waals surface area contributed by atoms with Gasteiger partial charge < -0.3 is 9.69 Å². The Hall–Kier alpha value is -2.10. The van der Waals surface area contributed by atoms with Crippen LogP contribution in [0.15, 0.2) is 6.07 Å². The molecule has 0 spiro atoms. The summed E-state index contributed by atoms with van der Waals surface area (Å²) in [6.07, 6.45) is -2.69. The predicted octanol–water partition coefficient (Wildman–Crippen LogP) is 2.45. The SMILES string of the molecule is Cc1cc(C(F)(F)F)c(C#N)c(N2CCCC2C=O)n1. The van der Waals surface area contributed by atoms with Gasteiger partial charge in [0.05, 0.1) is 11.6 Å². The number of carbonyl (C=O) groups is 1. The third-order valence-corrected chi connectivity index (χ3v) is 3.27. The molecule has 1 aromatic heterocycles. The molecular weight excluding hydrogens is 271 g/mol. The molecule has 1 aromatic rings. The van der Waals surface area contributed by atoms with E-state index in [0.717, 1.165) is 6.07 Å². The fourth-order valence-corrected chi connectivity index (χ4v) is 2.40. The van der Waals surface area contributed by atoms with Gasteiger partial charge in [0.25, 0.3) is 0 Å². The van der Waals surface area contributed by atoms with Crippen LogP contribution in [-0.2, 0) is 11.0 Å². The number of nitriles is 1. The highest BCUT2D eigenvalue weighted by Crippen LogP contribution is 2.37. The molecule has 4 nitrogen and oxygen atoms in total. The van der Waals surface area contributed by atoms with Crippen LogP contribution < -0.4 is 4.90 Å². The summed E-state index contributed by atoms with van der Waals surface area (Å²) in [5, 5.41) is 9.07. The first-order valence-corrected chi connectivity index (χ1v) is 6.09. The molecule has 106 valence electrons. The summed E-state index contributed by atoms with van der Waals surface area (Å²) < 4.78 is 39.0. The Bertz CT molecular complexity index is 577. The summed E-state index contributed by atoms with van der Waals surface area (Å²) in [5.74, 6) is -0.0468. The minimum Gasteiger partial charge on any atom is -0.346 e. The molecule has 1 fully saturated rings. The summed E-state index contributed by atoms with van der Waals surface area (Å²) in [6.45, 7) is 1.86. The van der Waals surface area contributed by atoms with E-state index >= 15 is 0 Å². The standard InChI is InChI=1S/C13H12F3N3O/c1-8-5-11(13(14,15)16)10(6-17)12(18-8)19-4-2-3-9(19)7-20/h5,7,9H,2-4H2,1H3. The van der Waals surface area contributed by atoms with Crippen molar-refractivity contribution in [3.63, 3.8) is 0 Å². The van der Waals surface area contributed by atoms with Crippen LogP contribution in [0.2, 0.25) is 0 Å². The Balaban J connectivity index is 2.62. The minimum atomic E-state index is -4.62. The first-order valence-electron chi connectivity index (χ1n) is 6.09. The van der Waals surface area contributed by atoms with E-state index in [4.69, 9.17) is 5.26 Å². The maximum absolute atomic E-state index is 13.0. The van der Waals surface area contributed by atoms with Crippen LogP contribution >= 0.6 is 0 Å². The monoisotopic (exact) mass is 283 g/mol. The second-order valence-electron chi connectivity index (χ2n) is 4.66. The highest BCUT2D eigenvalue weighted by molar-refractivity contribution is 5.69. The van der Waals surface area contributed by atoms with E-state index in [1.54, 1.807) is 6.07 Å². The van der Waals surface area contributed by atoms with Gasteiger partial charge in [-0.15, -0.1) is 0 Å². The average Bonchev–Trinajstić information content (AvgIpc) is 2.84. The molecule has 7 heteroatoms. The maximum Gasteiger partial charge on any atom is 0.417 e. The molecule has 0 aromatic carbocycles. The molecule has 1 aliphatic rings. The van der Waals surface area contributed by atoms with Gasteiger partial charge in [0.15, 0.2) is 0 Å². The summed E-state index contributed by atoms with van der Waals surface area (Å²) >= 11 is 0. The Labute approximate surface area is 113 Å². The summed E-state index contributed by atoms with van der Waals surface area (Å²) in [5.41, 5.74) is -1.35. The lowest BCUT2D eigenvalue weighted by molar-refractivity contribution is -0.137. The maximum atomic E-state index is 13.0. The molecule has 0 bridgehead atoms. The van der Waals surface area contributed by atoms with E-state index in [1.165, 1.54) is 11.8 Å². The number of aldehydes is 1. The van der Waals surface area contributed by atoms with Gasteiger partial charge in [-0.2, -0.15) is 18.4 Å². The zero-order valence-corrected chi connectivity index (χ0v) is 10.7. The van der Waals surface area contributed by atoms with Crippen LogP contribution in [0.5, 0.6) is 0 Å². The number of anilines is 1. The van der Waals surface area contributed by atoms with Gasteiger partial charge in [-0.05, 0) is 25.8 Å². The Morgan fingerprint density at radius 2 is 2.25 bits per heavy atom. The largest absolute Gasteiger partial charge is 0.417 e. The zero-order chi connectivity index (χ0) is 14.9. The second-order valence-corrected chi connectivity index (χ2v) is 4.66. The van der Waals surface area contributed by atoms with Gasteiger partial charge >= 0.3 is 6.18 Å². The first kappa shape index (κ1) is 14.3. The number of alkyl halides is 3. The Kier molecular flexibility index (Phi) is 3.66. The topological polar surface area (TPSA) is 57.0 Å². The van der Waals surface area contributed by atoms with Gasteiger partial charge in [0, 0.05) is 12.2 Å². The van der Waals surface area contributed by atoms with Crippen molar-refractivity contribution in [2.24, 2.45) is 0 Å². The number of pyridine rings is 1. The van der Waals surface area contributed by atoms with Crippen LogP contribution in [-0.4, -0.2) is 23.9 Å². The molecule has 0 radical (unpaired) electrons. The van der Waals surface area contributed by atoms with Crippen LogP contribution in [0, 0.1) is 18.3 Å². The van der Waals surface area contributed by atoms with Crippen molar-refractivity contribution < 1.29 is 18.0 Å². The minimum absolute atomic E-state index is 0.0468. The smallest absolute Gasteiger partial charge is 0.346 e. The highest BCUT2D eigenvalue weighted by atomic mass is 19.4. The van der Waals surface area contributed by atoms with Crippen LogP contribution in [0.4, 0.5) is 19.0 Å². The van der Waals surface area contributed by atoms with E-state index in [-0.39, 0.29) is 11.5 Å². The lowest BCUT2D eigenvalue weighted by Crippen LogP contribution is -2.32. The van der Waals surface area contributed by atoms with Gasteiger partial charge in [-0.25, -0.2) is 4.98 Å². The molecule has 0 amide bonds. The molecule has 1 aliphatic heterocycles. The van der Waals surface area contributed by atoms with Crippen molar-refractivity contribution in [3.05, 3.63) is 22.9 Å². The van der Waals surface area contributed by atoms with Crippen LogP contribution in [0.3, 0.4) is 0 Å². The van der Waals surface area contributed by atoms with Crippen molar-refractivity contribution in [1.29, 1.82) is 5.26 Å². The fourth-order valence-electron chi connectivity index (χ4n) is 2.40. The van der Waals surface area contributed by atoms with E-state index in [1.807, 2.05) is 0 Å². The zero-order valence-electron chi connectivity index (χ0n) is 10.7. The van der Waals surface area contributed by atoms with E-state index in [9.17, 15) is 18.0 Å². The van der Waals surface area contributed by atoms with E-state index in [2.05, 4.69) is 4.98 Å². The number of aryl methyl sites for hydroxylation is 1.